The van der Waals surface area contributed by atoms with Crippen LogP contribution in [0.5, 0.6) is 0 Å². The molecule has 3 rings (SSSR count). The maximum atomic E-state index is 12.7. The van der Waals surface area contributed by atoms with Gasteiger partial charge in [-0.05, 0) is 55.2 Å². The zero-order chi connectivity index (χ0) is 20.1. The molecule has 0 fully saturated rings. The van der Waals surface area contributed by atoms with Crippen molar-refractivity contribution in [3.05, 3.63) is 95.3 Å². The molecule has 0 aliphatic heterocycles. The maximum Gasteiger partial charge on any atom is 0.168 e. The second kappa shape index (κ2) is 8.32. The second-order valence-electron chi connectivity index (χ2n) is 6.46. The number of imidazole rings is 1. The number of carbonyl (C=O) groups is 1. The molecule has 0 spiro atoms. The van der Waals surface area contributed by atoms with Crippen LogP contribution in [0.3, 0.4) is 0 Å². The molecule has 0 bridgehead atoms. The highest BCUT2D eigenvalue weighted by Gasteiger charge is 2.10. The first-order valence-electron chi connectivity index (χ1n) is 8.91. The molecular weight excluding hydrogens is 346 g/mol. The Morgan fingerprint density at radius 2 is 1.96 bits per heavy atom. The van der Waals surface area contributed by atoms with Crippen molar-refractivity contribution in [2.75, 3.05) is 0 Å². The lowest BCUT2D eigenvalue weighted by atomic mass is 10.00. The molecular formula is C24H21N3O. The zero-order valence-corrected chi connectivity index (χ0v) is 16.1. The molecule has 2 heterocycles. The van der Waals surface area contributed by atoms with Crippen LogP contribution in [0.1, 0.15) is 44.3 Å². The molecule has 1 aromatic carbocycles. The summed E-state index contributed by atoms with van der Waals surface area (Å²) in [6.45, 7) is 11.5. The molecule has 4 nitrogen and oxygen atoms in total. The van der Waals surface area contributed by atoms with Crippen molar-refractivity contribution in [1.82, 2.24) is 14.5 Å². The zero-order valence-electron chi connectivity index (χ0n) is 16.1. The van der Waals surface area contributed by atoms with E-state index in [9.17, 15) is 4.79 Å². The molecule has 0 unspecified atom stereocenters. The van der Waals surface area contributed by atoms with Gasteiger partial charge in [0.15, 0.2) is 5.78 Å². The van der Waals surface area contributed by atoms with Gasteiger partial charge in [-0.3, -0.25) is 14.3 Å². The molecule has 0 N–H and O–H groups in total. The topological polar surface area (TPSA) is 47.8 Å². The quantitative estimate of drug-likeness (QED) is 0.494. The molecule has 0 radical (unpaired) electrons. The summed E-state index contributed by atoms with van der Waals surface area (Å²) >= 11 is 0. The fourth-order valence-electron chi connectivity index (χ4n) is 2.83. The van der Waals surface area contributed by atoms with Crippen molar-refractivity contribution in [2.24, 2.45) is 0 Å². The third kappa shape index (κ3) is 4.16. The number of hydrogen-bond donors (Lipinski definition) is 0. The summed E-state index contributed by atoms with van der Waals surface area (Å²) in [6.07, 6.45) is 6.97. The number of hydrogen-bond acceptors (Lipinski definition) is 3. The summed E-state index contributed by atoms with van der Waals surface area (Å²) in [6, 6.07) is 9.44. The summed E-state index contributed by atoms with van der Waals surface area (Å²) in [5.74, 6) is 6.96. The molecule has 2 aromatic heterocycles. The monoisotopic (exact) mass is 367 g/mol. The maximum absolute atomic E-state index is 12.7. The van der Waals surface area contributed by atoms with E-state index in [4.69, 9.17) is 0 Å². The van der Waals surface area contributed by atoms with Crippen LogP contribution in [0.4, 0.5) is 0 Å². The number of benzene rings is 1. The van der Waals surface area contributed by atoms with Gasteiger partial charge in [-0.15, -0.1) is 0 Å². The lowest BCUT2D eigenvalue weighted by molar-refractivity contribution is 0.0992. The van der Waals surface area contributed by atoms with Gasteiger partial charge in [0, 0.05) is 29.2 Å². The number of nitrogens with zero attached hydrogens (tertiary/aromatic N) is 3. The van der Waals surface area contributed by atoms with Gasteiger partial charge in [-0.1, -0.05) is 31.2 Å². The first-order chi connectivity index (χ1) is 13.5. The van der Waals surface area contributed by atoms with Gasteiger partial charge in [0.05, 0.1) is 12.6 Å². The van der Waals surface area contributed by atoms with Gasteiger partial charge in [0.1, 0.15) is 11.5 Å². The standard InChI is InChI=1S/C24H21N3O/c1-5-24-26-16-22(27(24)6-2)10-9-19-14-20(8-7-18(19)4)23(28)15-21-13-17(3)11-12-25-21/h5-8,11-14,16H,1-2,15H2,3-4H3. The van der Waals surface area contributed by atoms with Crippen LogP contribution in [0.2, 0.25) is 0 Å². The van der Waals surface area contributed by atoms with E-state index in [1.807, 2.05) is 44.2 Å². The normalized spacial score (nSPS) is 10.1. The molecule has 0 amide bonds. The van der Waals surface area contributed by atoms with Gasteiger partial charge in [-0.25, -0.2) is 4.98 Å². The summed E-state index contributed by atoms with van der Waals surface area (Å²) < 4.78 is 1.77. The molecule has 3 aromatic rings. The van der Waals surface area contributed by atoms with Gasteiger partial charge < -0.3 is 0 Å². The highest BCUT2D eigenvalue weighted by molar-refractivity contribution is 5.97. The van der Waals surface area contributed by atoms with Crippen molar-refractivity contribution in [3.63, 3.8) is 0 Å². The van der Waals surface area contributed by atoms with Gasteiger partial charge >= 0.3 is 0 Å². The number of aryl methyl sites for hydroxylation is 2. The fraction of sp³-hybridized carbons (Fsp3) is 0.125. The van der Waals surface area contributed by atoms with E-state index in [-0.39, 0.29) is 12.2 Å². The molecule has 0 aliphatic carbocycles. The van der Waals surface area contributed by atoms with E-state index in [0.29, 0.717) is 17.1 Å². The van der Waals surface area contributed by atoms with E-state index in [1.165, 1.54) is 0 Å². The number of aromatic nitrogens is 3. The first kappa shape index (κ1) is 19.1. The highest BCUT2D eigenvalue weighted by atomic mass is 16.1. The number of ketones is 1. The van der Waals surface area contributed by atoms with Crippen LogP contribution in [0.25, 0.3) is 12.3 Å². The smallest absolute Gasteiger partial charge is 0.168 e. The Morgan fingerprint density at radius 3 is 2.68 bits per heavy atom. The van der Waals surface area contributed by atoms with Crippen molar-refractivity contribution in [1.29, 1.82) is 0 Å². The van der Waals surface area contributed by atoms with Crippen molar-refractivity contribution in [2.45, 2.75) is 20.3 Å². The second-order valence-corrected chi connectivity index (χ2v) is 6.46. The van der Waals surface area contributed by atoms with E-state index in [2.05, 4.69) is 35.0 Å². The minimum absolute atomic E-state index is 0.0197. The van der Waals surface area contributed by atoms with E-state index in [0.717, 1.165) is 22.4 Å². The number of rotatable bonds is 5. The lowest BCUT2D eigenvalue weighted by Gasteiger charge is -2.05. The largest absolute Gasteiger partial charge is 0.294 e. The first-order valence-corrected chi connectivity index (χ1v) is 8.91. The Morgan fingerprint density at radius 1 is 1.14 bits per heavy atom. The van der Waals surface area contributed by atoms with Gasteiger partial charge in [-0.2, -0.15) is 0 Å². The third-order valence-corrected chi connectivity index (χ3v) is 4.39. The van der Waals surface area contributed by atoms with Crippen molar-refractivity contribution >= 4 is 18.1 Å². The summed E-state index contributed by atoms with van der Waals surface area (Å²) in [5, 5.41) is 0. The number of Topliss-reactive ketones (excluding diaryl/α,β-unsaturated/α-hetero) is 1. The molecule has 0 aliphatic rings. The predicted molar refractivity (Wildman–Crippen MR) is 113 cm³/mol. The Kier molecular flexibility index (Phi) is 5.67. The van der Waals surface area contributed by atoms with Gasteiger partial charge in [0.2, 0.25) is 0 Å². The van der Waals surface area contributed by atoms with E-state index in [1.54, 1.807) is 29.2 Å². The average Bonchev–Trinajstić information content (AvgIpc) is 3.09. The third-order valence-electron chi connectivity index (χ3n) is 4.39. The van der Waals surface area contributed by atoms with Crippen molar-refractivity contribution < 1.29 is 4.79 Å². The van der Waals surface area contributed by atoms with E-state index < -0.39 is 0 Å². The van der Waals surface area contributed by atoms with Crippen LogP contribution >= 0.6 is 0 Å². The Balaban J connectivity index is 1.88. The summed E-state index contributed by atoms with van der Waals surface area (Å²) in [7, 11) is 0. The highest BCUT2D eigenvalue weighted by Crippen LogP contribution is 2.14. The lowest BCUT2D eigenvalue weighted by Crippen LogP contribution is -2.06. The van der Waals surface area contributed by atoms with Crippen LogP contribution < -0.4 is 0 Å². The molecule has 0 atom stereocenters. The van der Waals surface area contributed by atoms with Crippen molar-refractivity contribution in [3.8, 4) is 11.8 Å². The van der Waals surface area contributed by atoms with Crippen LogP contribution in [-0.4, -0.2) is 20.3 Å². The van der Waals surface area contributed by atoms with Crippen LogP contribution in [0, 0.1) is 25.7 Å². The minimum Gasteiger partial charge on any atom is -0.294 e. The van der Waals surface area contributed by atoms with Crippen LogP contribution in [-0.2, 0) is 6.42 Å². The fourth-order valence-corrected chi connectivity index (χ4v) is 2.83. The van der Waals surface area contributed by atoms with Crippen LogP contribution in [0.15, 0.2) is 55.9 Å². The summed E-state index contributed by atoms with van der Waals surface area (Å²) in [4.78, 5) is 21.2. The minimum atomic E-state index is 0.0197. The summed E-state index contributed by atoms with van der Waals surface area (Å²) in [5.41, 5.74) is 5.01. The molecule has 138 valence electrons. The Hall–Kier alpha value is -3.71. The average molecular weight is 367 g/mol. The molecule has 0 saturated heterocycles. The molecule has 28 heavy (non-hydrogen) atoms. The van der Waals surface area contributed by atoms with E-state index >= 15 is 0 Å². The SMILES string of the molecule is C=Cc1ncc(C#Cc2cc(C(=O)Cc3cc(C)ccn3)ccc2C)n1C=C. The predicted octanol–water partition coefficient (Wildman–Crippen LogP) is 4.46. The number of carbonyl (C=O) groups excluding carboxylic acids is 1. The number of pyridine rings is 1. The van der Waals surface area contributed by atoms with Gasteiger partial charge in [0.25, 0.3) is 0 Å². The Labute approximate surface area is 165 Å². The molecule has 0 saturated carbocycles. The Bertz CT molecular complexity index is 1130. The molecule has 4 heteroatoms.